The van der Waals surface area contributed by atoms with Gasteiger partial charge in [0.1, 0.15) is 10.1 Å². The third-order valence-corrected chi connectivity index (χ3v) is 5.95. The lowest BCUT2D eigenvalue weighted by atomic mass is 10.2. The summed E-state index contributed by atoms with van der Waals surface area (Å²) in [5.74, 6) is 0.449. The minimum atomic E-state index is -0.157. The van der Waals surface area contributed by atoms with E-state index in [0.717, 1.165) is 11.3 Å². The van der Waals surface area contributed by atoms with Gasteiger partial charge in [-0.1, -0.05) is 53.8 Å². The number of amides is 2. The van der Waals surface area contributed by atoms with Crippen LogP contribution >= 0.6 is 35.6 Å². The summed E-state index contributed by atoms with van der Waals surface area (Å²) in [6, 6.07) is 14.4. The van der Waals surface area contributed by atoms with Gasteiger partial charge in [-0.15, -0.1) is 0 Å². The molecule has 1 aliphatic heterocycles. The van der Waals surface area contributed by atoms with Crippen LogP contribution in [0.3, 0.4) is 0 Å². The third kappa shape index (κ3) is 5.59. The number of carbonyl (C=O) groups is 2. The van der Waals surface area contributed by atoms with Gasteiger partial charge in [-0.2, -0.15) is 0 Å². The van der Waals surface area contributed by atoms with Crippen molar-refractivity contribution in [1.82, 2.24) is 4.90 Å². The molecule has 0 unspecified atom stereocenters. The number of nitrogens with zero attached hydrogens (tertiary/aromatic N) is 1. The molecule has 0 radical (unpaired) electrons. The van der Waals surface area contributed by atoms with Crippen LogP contribution in [-0.2, 0) is 9.59 Å². The number of anilines is 1. The lowest BCUT2D eigenvalue weighted by Crippen LogP contribution is -2.29. The maximum Gasteiger partial charge on any atom is 0.266 e. The second-order valence-electron chi connectivity index (χ2n) is 6.24. The average molecular weight is 447 g/mol. The first-order chi connectivity index (χ1) is 14.0. The van der Waals surface area contributed by atoms with E-state index in [1.54, 1.807) is 43.5 Å². The van der Waals surface area contributed by atoms with Gasteiger partial charge in [0.2, 0.25) is 5.91 Å². The highest BCUT2D eigenvalue weighted by atomic mass is 35.5. The van der Waals surface area contributed by atoms with Crippen molar-refractivity contribution >= 4 is 63.5 Å². The van der Waals surface area contributed by atoms with E-state index < -0.39 is 0 Å². The number of hydrogen-bond acceptors (Lipinski definition) is 5. The molecule has 1 aliphatic rings. The van der Waals surface area contributed by atoms with Gasteiger partial charge in [-0.05, 0) is 48.4 Å². The molecule has 1 N–H and O–H groups in total. The van der Waals surface area contributed by atoms with E-state index in [1.165, 1.54) is 16.7 Å². The summed E-state index contributed by atoms with van der Waals surface area (Å²) in [5, 5.41) is 3.40. The highest BCUT2D eigenvalue weighted by Gasteiger charge is 2.31. The van der Waals surface area contributed by atoms with E-state index in [2.05, 4.69) is 5.32 Å². The van der Waals surface area contributed by atoms with Gasteiger partial charge in [0.25, 0.3) is 5.91 Å². The highest BCUT2D eigenvalue weighted by Crippen LogP contribution is 2.33. The zero-order chi connectivity index (χ0) is 20.8. The van der Waals surface area contributed by atoms with Gasteiger partial charge in [-0.25, -0.2) is 0 Å². The Morgan fingerprint density at radius 2 is 1.97 bits per heavy atom. The first-order valence-electron chi connectivity index (χ1n) is 8.92. The molecule has 2 aromatic rings. The molecular formula is C21H19ClN2O3S2. The van der Waals surface area contributed by atoms with Crippen molar-refractivity contribution in [3.8, 4) is 5.75 Å². The van der Waals surface area contributed by atoms with E-state index >= 15 is 0 Å². The number of carbonyl (C=O) groups excluding carboxylic acids is 2. The van der Waals surface area contributed by atoms with Crippen LogP contribution in [0.2, 0.25) is 5.02 Å². The van der Waals surface area contributed by atoms with Crippen LogP contribution in [0.4, 0.5) is 5.69 Å². The van der Waals surface area contributed by atoms with E-state index in [4.69, 9.17) is 28.6 Å². The van der Waals surface area contributed by atoms with E-state index in [-0.39, 0.29) is 18.2 Å². The number of halogens is 1. The third-order valence-electron chi connectivity index (χ3n) is 4.22. The summed E-state index contributed by atoms with van der Waals surface area (Å²) in [4.78, 5) is 26.9. The summed E-state index contributed by atoms with van der Waals surface area (Å²) < 4.78 is 5.58. The maximum atomic E-state index is 12.7. The van der Waals surface area contributed by atoms with Crippen LogP contribution < -0.4 is 10.1 Å². The molecule has 1 fully saturated rings. The number of methoxy groups -OCH3 is 1. The Morgan fingerprint density at radius 1 is 1.24 bits per heavy atom. The minimum absolute atomic E-state index is 0.118. The number of ether oxygens (including phenoxy) is 1. The fraction of sp³-hybridized carbons (Fsp3) is 0.190. The van der Waals surface area contributed by atoms with Crippen molar-refractivity contribution in [2.24, 2.45) is 0 Å². The fourth-order valence-corrected chi connectivity index (χ4v) is 4.21. The number of benzene rings is 2. The van der Waals surface area contributed by atoms with E-state index in [1.807, 2.05) is 18.2 Å². The van der Waals surface area contributed by atoms with Crippen LogP contribution in [0, 0.1) is 0 Å². The smallest absolute Gasteiger partial charge is 0.266 e. The first-order valence-corrected chi connectivity index (χ1v) is 10.5. The predicted molar refractivity (Wildman–Crippen MR) is 122 cm³/mol. The van der Waals surface area contributed by atoms with Gasteiger partial charge in [-0.3, -0.25) is 14.5 Å². The van der Waals surface area contributed by atoms with Crippen molar-refractivity contribution in [3.63, 3.8) is 0 Å². The fourth-order valence-electron chi connectivity index (χ4n) is 2.72. The van der Waals surface area contributed by atoms with Gasteiger partial charge >= 0.3 is 0 Å². The van der Waals surface area contributed by atoms with Crippen molar-refractivity contribution in [2.75, 3.05) is 19.0 Å². The standard InChI is InChI=1S/C21H19ClN2O3S2/c1-27-16-10-8-15(9-11-16)23-19(25)7-4-12-24-20(26)18(29-21(24)28)13-14-5-2-3-6-17(14)22/h2-3,5-6,8-11,13H,4,7,12H2,1H3,(H,23,25)/b18-13-. The minimum Gasteiger partial charge on any atom is -0.497 e. The van der Waals surface area contributed by atoms with Crippen molar-refractivity contribution in [3.05, 3.63) is 64.0 Å². The quantitative estimate of drug-likeness (QED) is 0.480. The number of thioether (sulfide) groups is 1. The molecule has 1 saturated heterocycles. The summed E-state index contributed by atoms with van der Waals surface area (Å²) in [5.41, 5.74) is 1.47. The zero-order valence-corrected chi connectivity index (χ0v) is 18.1. The summed E-state index contributed by atoms with van der Waals surface area (Å²) >= 11 is 12.7. The number of nitrogens with one attached hydrogen (secondary N) is 1. The van der Waals surface area contributed by atoms with Crippen molar-refractivity contribution < 1.29 is 14.3 Å². The summed E-state index contributed by atoms with van der Waals surface area (Å²) in [7, 11) is 1.59. The van der Waals surface area contributed by atoms with Gasteiger partial charge < -0.3 is 10.1 Å². The Morgan fingerprint density at radius 3 is 2.66 bits per heavy atom. The van der Waals surface area contributed by atoms with Crippen LogP contribution in [-0.4, -0.2) is 34.7 Å². The lowest BCUT2D eigenvalue weighted by Gasteiger charge is -2.14. The molecule has 0 atom stereocenters. The molecule has 0 saturated carbocycles. The number of thiocarbonyl (C=S) groups is 1. The summed E-state index contributed by atoms with van der Waals surface area (Å²) in [6.07, 6.45) is 2.54. The number of hydrogen-bond donors (Lipinski definition) is 1. The van der Waals surface area contributed by atoms with Gasteiger partial charge in [0.05, 0.1) is 12.0 Å². The van der Waals surface area contributed by atoms with Crippen LogP contribution in [0.5, 0.6) is 5.75 Å². The van der Waals surface area contributed by atoms with Crippen LogP contribution in [0.1, 0.15) is 18.4 Å². The molecule has 0 aromatic heterocycles. The lowest BCUT2D eigenvalue weighted by molar-refractivity contribution is -0.122. The molecule has 150 valence electrons. The molecule has 1 heterocycles. The Hall–Kier alpha value is -2.35. The molecule has 0 aliphatic carbocycles. The van der Waals surface area contributed by atoms with E-state index in [9.17, 15) is 9.59 Å². The van der Waals surface area contributed by atoms with Gasteiger partial charge in [0, 0.05) is 23.7 Å². The summed E-state index contributed by atoms with van der Waals surface area (Å²) in [6.45, 7) is 0.389. The zero-order valence-electron chi connectivity index (χ0n) is 15.7. The van der Waals surface area contributed by atoms with Crippen molar-refractivity contribution in [1.29, 1.82) is 0 Å². The topological polar surface area (TPSA) is 58.6 Å². The first kappa shape index (κ1) is 21.4. The Bertz CT molecular complexity index is 961. The number of rotatable bonds is 7. The van der Waals surface area contributed by atoms with Crippen molar-refractivity contribution in [2.45, 2.75) is 12.8 Å². The molecule has 0 spiro atoms. The second kappa shape index (κ2) is 9.91. The molecular weight excluding hydrogens is 428 g/mol. The molecule has 29 heavy (non-hydrogen) atoms. The molecule has 3 rings (SSSR count). The van der Waals surface area contributed by atoms with Gasteiger partial charge in [0.15, 0.2) is 0 Å². The molecule has 8 heteroatoms. The maximum absolute atomic E-state index is 12.7. The largest absolute Gasteiger partial charge is 0.497 e. The Kier molecular flexibility index (Phi) is 7.30. The molecule has 5 nitrogen and oxygen atoms in total. The molecule has 0 bridgehead atoms. The van der Waals surface area contributed by atoms with Crippen LogP contribution in [0.25, 0.3) is 6.08 Å². The Labute approximate surface area is 184 Å². The monoisotopic (exact) mass is 446 g/mol. The Balaban J connectivity index is 1.52. The SMILES string of the molecule is COc1ccc(NC(=O)CCCN2C(=O)/C(=C/c3ccccc3Cl)SC2=S)cc1. The van der Waals surface area contributed by atoms with Crippen LogP contribution in [0.15, 0.2) is 53.4 Å². The molecule has 2 amide bonds. The normalized spacial score (nSPS) is 15.1. The highest BCUT2D eigenvalue weighted by molar-refractivity contribution is 8.26. The molecule has 2 aromatic carbocycles. The predicted octanol–water partition coefficient (Wildman–Crippen LogP) is 4.97. The average Bonchev–Trinajstić information content (AvgIpc) is 2.97. The van der Waals surface area contributed by atoms with E-state index in [0.29, 0.717) is 32.9 Å². The second-order valence-corrected chi connectivity index (χ2v) is 8.32.